The Bertz CT molecular complexity index is 126. The van der Waals surface area contributed by atoms with Crippen LogP contribution in [0, 0.1) is 0 Å². The third-order valence-corrected chi connectivity index (χ3v) is 2.57. The second-order valence-electron chi connectivity index (χ2n) is 2.35. The first-order chi connectivity index (χ1) is 5.33. The molecule has 3 nitrogen and oxygen atoms in total. The minimum Gasteiger partial charge on any atom is -0.379 e. The van der Waals surface area contributed by atoms with Gasteiger partial charge in [0.15, 0.2) is 0 Å². The Balaban J connectivity index is 2.18. The first-order valence-corrected chi connectivity index (χ1v) is 4.54. The van der Waals surface area contributed by atoms with Crippen LogP contribution in [-0.4, -0.2) is 36.0 Å². The fraction of sp³-hybridized carbons (Fsp3) is 0.714. The molecule has 0 spiro atoms. The Labute approximate surface area is 71.7 Å². The normalized spacial score (nSPS) is 23.0. The Hall–Kier alpha value is -0.0300. The summed E-state index contributed by atoms with van der Waals surface area (Å²) >= 11 is 1.63. The van der Waals surface area contributed by atoms with Crippen molar-refractivity contribution in [2.24, 2.45) is 5.73 Å². The Morgan fingerprint density at radius 1 is 1.55 bits per heavy atom. The van der Waals surface area contributed by atoms with E-state index in [1.54, 1.807) is 18.0 Å². The Kier molecular flexibility index (Phi) is 3.93. The molecule has 64 valence electrons. The summed E-state index contributed by atoms with van der Waals surface area (Å²) in [6.07, 6.45) is 1.75. The van der Waals surface area contributed by atoms with Gasteiger partial charge in [0.2, 0.25) is 0 Å². The number of rotatable bonds is 3. The fourth-order valence-electron chi connectivity index (χ4n) is 0.867. The van der Waals surface area contributed by atoms with Gasteiger partial charge in [0.25, 0.3) is 0 Å². The predicted molar refractivity (Wildman–Crippen MR) is 48.2 cm³/mol. The average molecular weight is 174 g/mol. The van der Waals surface area contributed by atoms with E-state index in [0.717, 1.165) is 26.3 Å². The summed E-state index contributed by atoms with van der Waals surface area (Å²) in [4.78, 5) is 0. The summed E-state index contributed by atoms with van der Waals surface area (Å²) in [5, 5.41) is 0.0214. The third kappa shape index (κ3) is 3.25. The van der Waals surface area contributed by atoms with Crippen molar-refractivity contribution in [1.82, 2.24) is 4.31 Å². The maximum absolute atomic E-state index is 5.67. The van der Waals surface area contributed by atoms with Crippen molar-refractivity contribution in [3.05, 3.63) is 12.7 Å². The van der Waals surface area contributed by atoms with Crippen molar-refractivity contribution in [1.29, 1.82) is 0 Å². The van der Waals surface area contributed by atoms with Crippen LogP contribution in [0.3, 0.4) is 0 Å². The van der Waals surface area contributed by atoms with Crippen molar-refractivity contribution in [2.75, 3.05) is 26.3 Å². The molecule has 0 bridgehead atoms. The molecule has 1 unspecified atom stereocenters. The zero-order valence-corrected chi connectivity index (χ0v) is 7.35. The molecule has 1 rings (SSSR count). The maximum Gasteiger partial charge on any atom is 0.0839 e. The van der Waals surface area contributed by atoms with Gasteiger partial charge >= 0.3 is 0 Å². The quantitative estimate of drug-likeness (QED) is 0.383. The van der Waals surface area contributed by atoms with E-state index >= 15 is 0 Å². The molecule has 0 aromatic heterocycles. The molecule has 1 heterocycles. The van der Waals surface area contributed by atoms with Gasteiger partial charge in [0.1, 0.15) is 0 Å². The van der Waals surface area contributed by atoms with Gasteiger partial charge in [-0.3, -0.25) is 0 Å². The van der Waals surface area contributed by atoms with E-state index < -0.39 is 0 Å². The van der Waals surface area contributed by atoms with Crippen LogP contribution >= 0.6 is 11.9 Å². The van der Waals surface area contributed by atoms with Crippen LogP contribution in [0.15, 0.2) is 12.7 Å². The van der Waals surface area contributed by atoms with Gasteiger partial charge < -0.3 is 10.5 Å². The molecule has 0 amide bonds. The van der Waals surface area contributed by atoms with Gasteiger partial charge in [-0.15, -0.1) is 6.58 Å². The molecule has 1 fully saturated rings. The summed E-state index contributed by atoms with van der Waals surface area (Å²) in [5.74, 6) is 0. The highest BCUT2D eigenvalue weighted by molar-refractivity contribution is 7.97. The highest BCUT2D eigenvalue weighted by atomic mass is 32.2. The monoisotopic (exact) mass is 174 g/mol. The number of nitrogens with zero attached hydrogens (tertiary/aromatic N) is 1. The predicted octanol–water partition coefficient (Wildman–Crippen LogP) is 0.438. The summed E-state index contributed by atoms with van der Waals surface area (Å²) in [7, 11) is 0. The van der Waals surface area contributed by atoms with E-state index in [0.29, 0.717) is 0 Å². The van der Waals surface area contributed by atoms with Gasteiger partial charge in [-0.2, -0.15) is 0 Å². The van der Waals surface area contributed by atoms with Crippen molar-refractivity contribution >= 4 is 11.9 Å². The van der Waals surface area contributed by atoms with Gasteiger partial charge in [-0.25, -0.2) is 4.31 Å². The van der Waals surface area contributed by atoms with Crippen molar-refractivity contribution in [3.63, 3.8) is 0 Å². The molecular weight excluding hydrogens is 160 g/mol. The molecule has 1 aliphatic rings. The smallest absolute Gasteiger partial charge is 0.0839 e. The maximum atomic E-state index is 5.67. The lowest BCUT2D eigenvalue weighted by molar-refractivity contribution is 0.0772. The lowest BCUT2D eigenvalue weighted by Gasteiger charge is -2.26. The van der Waals surface area contributed by atoms with E-state index in [4.69, 9.17) is 10.5 Å². The van der Waals surface area contributed by atoms with Crippen molar-refractivity contribution in [3.8, 4) is 0 Å². The minimum absolute atomic E-state index is 0.0214. The molecule has 11 heavy (non-hydrogen) atoms. The second kappa shape index (κ2) is 4.77. The van der Waals surface area contributed by atoms with Gasteiger partial charge in [-0.05, 0) is 0 Å². The average Bonchev–Trinajstić information content (AvgIpc) is 2.06. The number of ether oxygens (including phenoxy) is 1. The molecule has 0 aliphatic carbocycles. The SMILES string of the molecule is C=CC(N)SN1CCOCC1. The highest BCUT2D eigenvalue weighted by Crippen LogP contribution is 2.15. The van der Waals surface area contributed by atoms with E-state index in [1.807, 2.05) is 0 Å². The fourth-order valence-corrected chi connectivity index (χ4v) is 1.66. The molecule has 0 aromatic carbocycles. The van der Waals surface area contributed by atoms with Crippen LogP contribution in [0.5, 0.6) is 0 Å². The zero-order chi connectivity index (χ0) is 8.10. The summed E-state index contributed by atoms with van der Waals surface area (Å²) in [6, 6.07) is 0. The van der Waals surface area contributed by atoms with Crippen LogP contribution in [0.2, 0.25) is 0 Å². The third-order valence-electron chi connectivity index (χ3n) is 1.47. The van der Waals surface area contributed by atoms with E-state index in [2.05, 4.69) is 10.9 Å². The van der Waals surface area contributed by atoms with E-state index in [9.17, 15) is 0 Å². The Morgan fingerprint density at radius 2 is 2.18 bits per heavy atom. The summed E-state index contributed by atoms with van der Waals surface area (Å²) in [5.41, 5.74) is 5.67. The molecule has 0 saturated carbocycles. The lowest BCUT2D eigenvalue weighted by atomic mass is 10.5. The van der Waals surface area contributed by atoms with Crippen LogP contribution < -0.4 is 5.73 Å². The van der Waals surface area contributed by atoms with Crippen LogP contribution in [0.1, 0.15) is 0 Å². The molecule has 0 radical (unpaired) electrons. The van der Waals surface area contributed by atoms with Gasteiger partial charge in [0, 0.05) is 13.1 Å². The number of hydrogen-bond acceptors (Lipinski definition) is 4. The van der Waals surface area contributed by atoms with Gasteiger partial charge in [0.05, 0.1) is 18.6 Å². The van der Waals surface area contributed by atoms with Gasteiger partial charge in [-0.1, -0.05) is 18.0 Å². The van der Waals surface area contributed by atoms with Crippen LogP contribution in [0.25, 0.3) is 0 Å². The standard InChI is InChI=1S/C7H14N2OS/c1-2-7(8)11-9-3-5-10-6-4-9/h2,7H,1,3-6,8H2. The topological polar surface area (TPSA) is 38.5 Å². The molecule has 1 aliphatic heterocycles. The van der Waals surface area contributed by atoms with Crippen LogP contribution in [0.4, 0.5) is 0 Å². The summed E-state index contributed by atoms with van der Waals surface area (Å²) in [6.45, 7) is 7.18. The Morgan fingerprint density at radius 3 is 2.73 bits per heavy atom. The van der Waals surface area contributed by atoms with Crippen molar-refractivity contribution in [2.45, 2.75) is 5.37 Å². The minimum atomic E-state index is 0.0214. The van der Waals surface area contributed by atoms with E-state index in [-0.39, 0.29) is 5.37 Å². The number of morpholine rings is 1. The van der Waals surface area contributed by atoms with Crippen LogP contribution in [-0.2, 0) is 4.74 Å². The second-order valence-corrected chi connectivity index (χ2v) is 3.62. The molecule has 2 N–H and O–H groups in total. The molecule has 1 atom stereocenters. The lowest BCUT2D eigenvalue weighted by Crippen LogP contribution is -2.34. The largest absolute Gasteiger partial charge is 0.379 e. The molecule has 0 aromatic rings. The zero-order valence-electron chi connectivity index (χ0n) is 6.53. The number of nitrogens with two attached hydrogens (primary N) is 1. The van der Waals surface area contributed by atoms with Crippen molar-refractivity contribution < 1.29 is 4.74 Å². The van der Waals surface area contributed by atoms with E-state index in [1.165, 1.54) is 0 Å². The highest BCUT2D eigenvalue weighted by Gasteiger charge is 2.12. The molecule has 1 saturated heterocycles. The first-order valence-electron chi connectivity index (χ1n) is 3.70. The summed E-state index contributed by atoms with van der Waals surface area (Å²) < 4.78 is 7.41. The number of hydrogen-bond donors (Lipinski definition) is 1. The molecule has 4 heteroatoms. The first kappa shape index (κ1) is 9.06. The molecular formula is C7H14N2OS.